The molecule has 0 saturated heterocycles. The SMILES string of the molecule is CCCCOc1cccc(C(=O)[N]S(=O)(=O)CC)c1. The van der Waals surface area contributed by atoms with E-state index in [0.717, 1.165) is 12.8 Å². The molecule has 6 heteroatoms. The molecule has 0 bridgehead atoms. The van der Waals surface area contributed by atoms with E-state index in [2.05, 4.69) is 11.6 Å². The van der Waals surface area contributed by atoms with Gasteiger partial charge in [0.15, 0.2) is 0 Å². The summed E-state index contributed by atoms with van der Waals surface area (Å²) in [6, 6.07) is 6.39. The number of rotatable bonds is 7. The van der Waals surface area contributed by atoms with Crippen molar-refractivity contribution in [2.24, 2.45) is 0 Å². The summed E-state index contributed by atoms with van der Waals surface area (Å²) >= 11 is 0. The molecule has 1 rings (SSSR count). The third kappa shape index (κ3) is 5.30. The summed E-state index contributed by atoms with van der Waals surface area (Å²) in [4.78, 5) is 11.7. The number of unbranched alkanes of at least 4 members (excludes halogenated alkanes) is 1. The lowest BCUT2D eigenvalue weighted by molar-refractivity contribution is 0.0977. The number of sulfonamides is 1. The molecule has 0 saturated carbocycles. The van der Waals surface area contributed by atoms with Gasteiger partial charge in [0.1, 0.15) is 5.75 Å². The molecule has 0 atom stereocenters. The van der Waals surface area contributed by atoms with Crippen LogP contribution in [-0.2, 0) is 10.0 Å². The summed E-state index contributed by atoms with van der Waals surface area (Å²) in [5.41, 5.74) is 0.214. The highest BCUT2D eigenvalue weighted by Gasteiger charge is 2.17. The van der Waals surface area contributed by atoms with Crippen molar-refractivity contribution in [1.29, 1.82) is 0 Å². The molecule has 1 radical (unpaired) electrons. The predicted octanol–water partition coefficient (Wildman–Crippen LogP) is 1.96. The highest BCUT2D eigenvalue weighted by molar-refractivity contribution is 7.89. The predicted molar refractivity (Wildman–Crippen MR) is 72.8 cm³/mol. The summed E-state index contributed by atoms with van der Waals surface area (Å²) in [6.45, 7) is 4.06. The van der Waals surface area contributed by atoms with Gasteiger partial charge in [0, 0.05) is 5.56 Å². The molecule has 0 heterocycles. The lowest BCUT2D eigenvalue weighted by Crippen LogP contribution is -2.24. The Morgan fingerprint density at radius 3 is 2.68 bits per heavy atom. The zero-order valence-electron chi connectivity index (χ0n) is 11.1. The van der Waals surface area contributed by atoms with Gasteiger partial charge in [-0.25, -0.2) is 8.42 Å². The Hall–Kier alpha value is -1.56. The molecule has 0 aliphatic carbocycles. The van der Waals surface area contributed by atoms with Gasteiger partial charge in [-0.15, -0.1) is 4.72 Å². The van der Waals surface area contributed by atoms with Gasteiger partial charge in [0.05, 0.1) is 12.4 Å². The maximum absolute atomic E-state index is 11.7. The molecule has 0 aliphatic rings. The first-order valence-electron chi connectivity index (χ1n) is 6.21. The summed E-state index contributed by atoms with van der Waals surface area (Å²) in [5, 5.41) is 0. The number of carbonyl (C=O) groups excluding carboxylic acids is 1. The first-order chi connectivity index (χ1) is 8.98. The molecule has 1 aromatic carbocycles. The van der Waals surface area contributed by atoms with Crippen molar-refractivity contribution in [3.8, 4) is 5.75 Å². The topological polar surface area (TPSA) is 74.5 Å². The van der Waals surface area contributed by atoms with Crippen LogP contribution in [0.2, 0.25) is 0 Å². The molecule has 19 heavy (non-hydrogen) atoms. The molecule has 0 N–H and O–H groups in total. The Bertz CT molecular complexity index is 525. The van der Waals surface area contributed by atoms with E-state index in [-0.39, 0.29) is 11.3 Å². The normalized spacial score (nSPS) is 11.1. The van der Waals surface area contributed by atoms with E-state index in [4.69, 9.17) is 4.74 Å². The van der Waals surface area contributed by atoms with Gasteiger partial charge < -0.3 is 4.74 Å². The first-order valence-corrected chi connectivity index (χ1v) is 7.82. The quantitative estimate of drug-likeness (QED) is 0.717. The van der Waals surface area contributed by atoms with Crippen molar-refractivity contribution in [2.45, 2.75) is 26.7 Å². The molecule has 0 aromatic heterocycles. The van der Waals surface area contributed by atoms with Crippen LogP contribution in [0.15, 0.2) is 24.3 Å². The van der Waals surface area contributed by atoms with Gasteiger partial charge in [-0.1, -0.05) is 19.4 Å². The zero-order valence-corrected chi connectivity index (χ0v) is 11.9. The Balaban J connectivity index is 2.73. The second-order valence-electron chi connectivity index (χ2n) is 4.00. The fourth-order valence-corrected chi connectivity index (χ4v) is 1.78. The molecule has 105 valence electrons. The molecular formula is C13H18NO4S. The van der Waals surface area contributed by atoms with Crippen LogP contribution in [-0.4, -0.2) is 26.7 Å². The smallest absolute Gasteiger partial charge is 0.287 e. The third-order valence-corrected chi connectivity index (χ3v) is 3.61. The van der Waals surface area contributed by atoms with Gasteiger partial charge in [-0.2, -0.15) is 0 Å². The minimum Gasteiger partial charge on any atom is -0.494 e. The number of amides is 1. The number of hydrogen-bond acceptors (Lipinski definition) is 4. The standard InChI is InChI=1S/C13H18NO4S/c1-3-5-9-18-12-8-6-7-11(10-12)13(15)14-19(16,17)4-2/h6-8,10H,3-5,9H2,1-2H3. The molecule has 0 unspecified atom stereocenters. The lowest BCUT2D eigenvalue weighted by atomic mass is 10.2. The Morgan fingerprint density at radius 1 is 1.32 bits per heavy atom. The van der Waals surface area contributed by atoms with Crippen LogP contribution in [0.3, 0.4) is 0 Å². The average Bonchev–Trinajstić information content (AvgIpc) is 2.39. The van der Waals surface area contributed by atoms with Crippen molar-refractivity contribution in [3.05, 3.63) is 29.8 Å². The number of nitrogens with zero attached hydrogens (tertiary/aromatic N) is 1. The molecule has 1 amide bonds. The molecular weight excluding hydrogens is 266 g/mol. The van der Waals surface area contributed by atoms with Crippen LogP contribution in [0.1, 0.15) is 37.0 Å². The molecule has 1 aromatic rings. The van der Waals surface area contributed by atoms with Gasteiger partial charge >= 0.3 is 0 Å². The fraction of sp³-hybridized carbons (Fsp3) is 0.462. The summed E-state index contributed by atoms with van der Waals surface area (Å²) in [7, 11) is -3.67. The zero-order chi connectivity index (χ0) is 14.3. The number of benzene rings is 1. The van der Waals surface area contributed by atoms with Crippen LogP contribution >= 0.6 is 0 Å². The maximum Gasteiger partial charge on any atom is 0.287 e. The monoisotopic (exact) mass is 284 g/mol. The van der Waals surface area contributed by atoms with Gasteiger partial charge in [-0.3, -0.25) is 4.79 Å². The molecule has 0 aliphatic heterocycles. The van der Waals surface area contributed by atoms with Crippen LogP contribution in [0, 0.1) is 0 Å². The van der Waals surface area contributed by atoms with Crippen molar-refractivity contribution in [1.82, 2.24) is 4.72 Å². The number of hydrogen-bond donors (Lipinski definition) is 0. The molecule has 0 fully saturated rings. The first kappa shape index (κ1) is 15.5. The fourth-order valence-electron chi connectivity index (χ4n) is 1.30. The second kappa shape index (κ2) is 7.13. The number of ether oxygens (including phenoxy) is 1. The minimum atomic E-state index is -3.67. The lowest BCUT2D eigenvalue weighted by Gasteiger charge is -2.07. The largest absolute Gasteiger partial charge is 0.494 e. The van der Waals surface area contributed by atoms with Crippen LogP contribution in [0.5, 0.6) is 5.75 Å². The summed E-state index contributed by atoms with van der Waals surface area (Å²) in [6.07, 6.45) is 1.94. The Kier molecular flexibility index (Phi) is 5.82. The highest BCUT2D eigenvalue weighted by atomic mass is 32.2. The third-order valence-electron chi connectivity index (χ3n) is 2.43. The van der Waals surface area contributed by atoms with Gasteiger partial charge in [0.2, 0.25) is 0 Å². The van der Waals surface area contributed by atoms with Crippen molar-refractivity contribution in [2.75, 3.05) is 12.4 Å². The van der Waals surface area contributed by atoms with Crippen molar-refractivity contribution >= 4 is 15.9 Å². The summed E-state index contributed by atoms with van der Waals surface area (Å²) < 4.78 is 31.2. The Morgan fingerprint density at radius 2 is 2.05 bits per heavy atom. The van der Waals surface area contributed by atoms with E-state index in [9.17, 15) is 13.2 Å². The summed E-state index contributed by atoms with van der Waals surface area (Å²) in [5.74, 6) is -0.406. The van der Waals surface area contributed by atoms with E-state index in [0.29, 0.717) is 12.4 Å². The van der Waals surface area contributed by atoms with E-state index in [1.807, 2.05) is 0 Å². The maximum atomic E-state index is 11.7. The minimum absolute atomic E-state index is 0.189. The van der Waals surface area contributed by atoms with Crippen LogP contribution < -0.4 is 9.46 Å². The van der Waals surface area contributed by atoms with Crippen LogP contribution in [0.25, 0.3) is 0 Å². The van der Waals surface area contributed by atoms with Crippen molar-refractivity contribution in [3.63, 3.8) is 0 Å². The molecule has 5 nitrogen and oxygen atoms in total. The van der Waals surface area contributed by atoms with E-state index >= 15 is 0 Å². The van der Waals surface area contributed by atoms with Crippen molar-refractivity contribution < 1.29 is 17.9 Å². The molecule has 0 spiro atoms. The number of carbonyl (C=O) groups is 1. The second-order valence-corrected chi connectivity index (χ2v) is 5.92. The van der Waals surface area contributed by atoms with E-state index in [1.54, 1.807) is 12.1 Å². The highest BCUT2D eigenvalue weighted by Crippen LogP contribution is 2.14. The van der Waals surface area contributed by atoms with E-state index in [1.165, 1.54) is 19.1 Å². The van der Waals surface area contributed by atoms with Gasteiger partial charge in [-0.05, 0) is 31.5 Å². The Labute approximate surface area is 114 Å². The average molecular weight is 284 g/mol. The van der Waals surface area contributed by atoms with E-state index < -0.39 is 15.9 Å². The van der Waals surface area contributed by atoms with Gasteiger partial charge in [0.25, 0.3) is 15.9 Å². The van der Waals surface area contributed by atoms with Crippen LogP contribution in [0.4, 0.5) is 0 Å².